The van der Waals surface area contributed by atoms with E-state index in [-0.39, 0.29) is 23.0 Å². The Labute approximate surface area is 458 Å². The second-order valence-corrected chi connectivity index (χ2v) is 25.6. The van der Waals surface area contributed by atoms with E-state index in [0.717, 1.165) is 70.8 Å². The summed E-state index contributed by atoms with van der Waals surface area (Å²) in [5, 5.41) is 14.6. The molecule has 3 aliphatic heterocycles. The number of pyridine rings is 2. The van der Waals surface area contributed by atoms with E-state index < -0.39 is 20.5 Å². The smallest absolute Gasteiger partial charge is 0.413 e. The first-order valence-electron chi connectivity index (χ1n) is 28.3. The van der Waals surface area contributed by atoms with Crippen LogP contribution in [0.4, 0.5) is 37.1 Å². The molecule has 3 aliphatic rings. The zero-order valence-corrected chi connectivity index (χ0v) is 49.0. The number of carbonyl (C=O) groups is 2. The molecule has 2 amide bonds. The quantitative estimate of drug-likeness (QED) is 0.0422. The van der Waals surface area contributed by atoms with Gasteiger partial charge in [0, 0.05) is 76.5 Å². The van der Waals surface area contributed by atoms with Gasteiger partial charge in [-0.15, -0.1) is 4.48 Å². The zero-order chi connectivity index (χ0) is 55.9. The molecule has 5 N–H and O–H groups in total. The van der Waals surface area contributed by atoms with Gasteiger partial charge in [-0.1, -0.05) is 162 Å². The van der Waals surface area contributed by atoms with Crippen LogP contribution in [-0.2, 0) is 14.2 Å². The van der Waals surface area contributed by atoms with E-state index >= 15 is 0 Å². The van der Waals surface area contributed by atoms with Gasteiger partial charge in [0.25, 0.3) is 8.32 Å². The Morgan fingerprint density at radius 1 is 0.618 bits per heavy atom. The number of hydrogen-bond acceptors (Lipinski definition) is 12. The van der Waals surface area contributed by atoms with Crippen molar-refractivity contribution in [2.24, 2.45) is 5.96 Å². The van der Waals surface area contributed by atoms with E-state index in [4.69, 9.17) is 28.2 Å². The van der Waals surface area contributed by atoms with Crippen molar-refractivity contribution in [3.8, 4) is 11.5 Å². The number of anilines is 4. The molecular weight excluding hydrogens is 978 g/mol. The average Bonchev–Trinajstić information content (AvgIpc) is 4.03. The molecule has 3 saturated heterocycles. The molecule has 14 nitrogen and oxygen atoms in total. The van der Waals surface area contributed by atoms with Crippen molar-refractivity contribution >= 4 is 43.5 Å². The molecule has 7 rings (SSSR count). The molecule has 0 atom stereocenters. The van der Waals surface area contributed by atoms with Gasteiger partial charge in [-0.2, -0.15) is 5.96 Å². The maximum Gasteiger partial charge on any atom is 0.413 e. The minimum absolute atomic E-state index is 0.0530. The van der Waals surface area contributed by atoms with Crippen molar-refractivity contribution in [2.75, 3.05) is 59.8 Å². The molecular formula is C60H98FN7O7Si. The van der Waals surface area contributed by atoms with Crippen LogP contribution in [0, 0.1) is 0 Å². The number of nitrogens with zero attached hydrogens (tertiary/aromatic N) is 4. The van der Waals surface area contributed by atoms with E-state index in [2.05, 4.69) is 122 Å². The summed E-state index contributed by atoms with van der Waals surface area (Å²) in [6.07, 6.45) is 24.5. The van der Waals surface area contributed by atoms with Crippen LogP contribution in [0.15, 0.2) is 97.3 Å². The highest BCUT2D eigenvalue weighted by atomic mass is 28.4. The minimum Gasteiger partial charge on any atom is -0.542 e. The number of benzene rings is 2. The number of para-hydroxylation sites is 2. The van der Waals surface area contributed by atoms with Crippen LogP contribution in [-0.4, -0.2) is 87.2 Å². The normalized spacial score (nSPS) is 14.5. The van der Waals surface area contributed by atoms with Gasteiger partial charge in [-0.3, -0.25) is 10.6 Å². The first-order chi connectivity index (χ1) is 36.7. The lowest BCUT2D eigenvalue weighted by Gasteiger charge is -2.36. The Morgan fingerprint density at radius 2 is 1.00 bits per heavy atom. The molecule has 76 heavy (non-hydrogen) atoms. The number of rotatable bonds is 18. The largest absolute Gasteiger partial charge is 0.542 e. The Balaban J connectivity index is 0.000000374. The van der Waals surface area contributed by atoms with Crippen LogP contribution in [0.1, 0.15) is 164 Å². The highest BCUT2D eigenvalue weighted by Crippen LogP contribution is 2.37. The molecule has 0 saturated carbocycles. The Bertz CT molecular complexity index is 2000. The van der Waals surface area contributed by atoms with E-state index in [1.807, 2.05) is 42.5 Å². The fourth-order valence-electron chi connectivity index (χ4n) is 7.95. The van der Waals surface area contributed by atoms with Gasteiger partial charge in [-0.25, -0.2) is 19.6 Å². The third-order valence-corrected chi connectivity index (χ3v) is 17.9. The lowest BCUT2D eigenvalue weighted by Crippen LogP contribution is -2.43. The predicted octanol–water partition coefficient (Wildman–Crippen LogP) is 16.0. The summed E-state index contributed by atoms with van der Waals surface area (Å²) >= 11 is 0. The van der Waals surface area contributed by atoms with Crippen molar-refractivity contribution in [2.45, 2.75) is 194 Å². The molecule has 3 fully saturated rings. The number of halogens is 1. The van der Waals surface area contributed by atoms with Crippen molar-refractivity contribution in [3.63, 3.8) is 0 Å². The second kappa shape index (κ2) is 39.9. The molecule has 426 valence electrons. The number of carbonyl (C=O) groups excluding carboxylic acids is 2. The first-order valence-corrected chi connectivity index (χ1v) is 31.2. The lowest BCUT2D eigenvalue weighted by atomic mass is 10.1. The van der Waals surface area contributed by atoms with E-state index in [0.29, 0.717) is 11.6 Å². The Kier molecular flexibility index (Phi) is 35.0. The monoisotopic (exact) mass is 1080 g/mol. The number of ether oxygens (including phenoxy) is 3. The second-order valence-electron chi connectivity index (χ2n) is 20.9. The van der Waals surface area contributed by atoms with Gasteiger partial charge in [0.2, 0.25) is 0 Å². The molecule has 0 bridgehead atoms. The molecule has 0 spiro atoms. The number of aromatic hydroxyl groups is 1. The molecule has 2 aromatic heterocycles. The highest BCUT2D eigenvalue weighted by molar-refractivity contribution is 6.74. The Morgan fingerprint density at radius 3 is 1.30 bits per heavy atom. The van der Waals surface area contributed by atoms with Crippen molar-refractivity contribution in [1.29, 1.82) is 0 Å². The van der Waals surface area contributed by atoms with Gasteiger partial charge in [0.1, 0.15) is 35.3 Å². The number of aromatic nitrogens is 2. The van der Waals surface area contributed by atoms with Crippen molar-refractivity contribution < 1.29 is 37.8 Å². The van der Waals surface area contributed by atoms with Gasteiger partial charge in [0.05, 0.1) is 12.4 Å². The standard InChI is InChI=1S/C23H33N3O3Si.C17H19N3O3.2C8H18.C4H8O.FH2N/c1-23(2,3)30(4,5)29-20-11-12-21(24-17-20)25-22(27)28-19-13-15-26(16-14-19)18-9-7-6-8-10-18;21-14-6-7-16(18-12-14)19-17(22)23-15-8-10-20(11-9-15)13-4-2-1-3-5-13;2*1-3-5-7-8-6-4-2;1-2-4-5-3-1;1-2/h6-12,17,19H,13-16H2,1-5H3,(H,24,25,27);1-7,12,15,21H,8-11H2,(H,18,19,22);2*3-8H2,1-2H3;1-4H2;2H2. The van der Waals surface area contributed by atoms with E-state index in [9.17, 15) is 9.59 Å². The number of nitrogens with one attached hydrogen (secondary N) is 2. The van der Waals surface area contributed by atoms with E-state index in [1.54, 1.807) is 12.3 Å². The van der Waals surface area contributed by atoms with Gasteiger partial charge < -0.3 is 33.5 Å². The van der Waals surface area contributed by atoms with Crippen LogP contribution in [0.5, 0.6) is 11.5 Å². The number of piperidine rings is 2. The van der Waals surface area contributed by atoms with Crippen molar-refractivity contribution in [3.05, 3.63) is 97.3 Å². The maximum absolute atomic E-state index is 12.3. The van der Waals surface area contributed by atoms with Crippen LogP contribution >= 0.6 is 0 Å². The maximum atomic E-state index is 12.3. The molecule has 4 aromatic rings. The van der Waals surface area contributed by atoms with Crippen LogP contribution in [0.25, 0.3) is 0 Å². The van der Waals surface area contributed by atoms with E-state index in [1.165, 1.54) is 120 Å². The number of amides is 2. The summed E-state index contributed by atoms with van der Waals surface area (Å²) in [5.41, 5.74) is 2.41. The summed E-state index contributed by atoms with van der Waals surface area (Å²) in [6, 6.07) is 27.1. The molecule has 0 unspecified atom stereocenters. The van der Waals surface area contributed by atoms with Crippen LogP contribution < -0.4 is 30.8 Å². The predicted molar refractivity (Wildman–Crippen MR) is 315 cm³/mol. The van der Waals surface area contributed by atoms with Crippen LogP contribution in [0.2, 0.25) is 18.1 Å². The van der Waals surface area contributed by atoms with Gasteiger partial charge in [-0.05, 0) is 79.5 Å². The fourth-order valence-corrected chi connectivity index (χ4v) is 8.97. The summed E-state index contributed by atoms with van der Waals surface area (Å²) in [7, 11) is -1.91. The number of nitrogens with two attached hydrogens (primary N) is 1. The molecule has 0 radical (unpaired) electrons. The molecule has 5 heterocycles. The summed E-state index contributed by atoms with van der Waals surface area (Å²) in [5.74, 6) is 4.60. The molecule has 16 heteroatoms. The summed E-state index contributed by atoms with van der Waals surface area (Å²) in [4.78, 5) is 36.9. The zero-order valence-electron chi connectivity index (χ0n) is 48.0. The molecule has 0 aliphatic carbocycles. The third-order valence-electron chi connectivity index (χ3n) is 13.5. The number of hydrogen-bond donors (Lipinski definition) is 4. The highest BCUT2D eigenvalue weighted by Gasteiger charge is 2.39. The van der Waals surface area contributed by atoms with Crippen molar-refractivity contribution in [1.82, 2.24) is 9.97 Å². The van der Waals surface area contributed by atoms with Crippen LogP contribution in [0.3, 0.4) is 0 Å². The third kappa shape index (κ3) is 29.2. The average molecular weight is 1080 g/mol. The Hall–Kier alpha value is -5.45. The van der Waals surface area contributed by atoms with Gasteiger partial charge >= 0.3 is 12.2 Å². The lowest BCUT2D eigenvalue weighted by molar-refractivity contribution is 0.0942. The molecule has 2 aromatic carbocycles. The SMILES string of the molecule is C1CCOC1.CC(C)(C)[Si](C)(C)Oc1ccc(NC(=O)OC2CCN(c3ccccc3)CC2)nc1.CCCCCCCC.CCCCCCCC.NF.O=C(Nc1ccc(O)cn1)OC1CCN(c2ccccc2)CC1. The summed E-state index contributed by atoms with van der Waals surface area (Å²) in [6.45, 7) is 25.5. The summed E-state index contributed by atoms with van der Waals surface area (Å²) < 4.78 is 31.2. The number of unbranched alkanes of at least 4 members (excludes halogenated alkanes) is 10. The minimum atomic E-state index is -1.91. The fraction of sp³-hybridized carbons (Fsp3) is 0.600. The van der Waals surface area contributed by atoms with Gasteiger partial charge in [0.15, 0.2) is 0 Å². The topological polar surface area (TPSA) is 174 Å². The first kappa shape index (κ1) is 66.7.